The summed E-state index contributed by atoms with van der Waals surface area (Å²) < 4.78 is 13.5. The Morgan fingerprint density at radius 1 is 1.32 bits per heavy atom. The summed E-state index contributed by atoms with van der Waals surface area (Å²) in [6.07, 6.45) is 9.76. The van der Waals surface area contributed by atoms with Crippen LogP contribution in [-0.2, 0) is 17.8 Å². The highest BCUT2D eigenvalue weighted by Gasteiger charge is 2.26. The van der Waals surface area contributed by atoms with Crippen LogP contribution in [-0.4, -0.2) is 51.4 Å². The Morgan fingerprint density at radius 2 is 2.21 bits per heavy atom. The number of piperidine rings is 1. The monoisotopic (exact) mass is 499 g/mol. The van der Waals surface area contributed by atoms with Crippen LogP contribution < -0.4 is 5.32 Å². The van der Waals surface area contributed by atoms with Crippen molar-refractivity contribution in [3.05, 3.63) is 58.0 Å². The van der Waals surface area contributed by atoms with E-state index in [9.17, 15) is 9.18 Å². The molecule has 0 saturated carbocycles. The third-order valence-electron chi connectivity index (χ3n) is 6.67. The number of anilines is 2. The number of likely N-dealkylation sites (tertiary alicyclic amines) is 1. The fourth-order valence-electron chi connectivity index (χ4n) is 4.74. The van der Waals surface area contributed by atoms with Gasteiger partial charge < -0.3 is 10.2 Å². The fourth-order valence-corrected chi connectivity index (χ4v) is 6.13. The van der Waals surface area contributed by atoms with Crippen LogP contribution in [0.1, 0.15) is 36.6 Å². The van der Waals surface area contributed by atoms with E-state index in [0.717, 1.165) is 34.6 Å². The van der Waals surface area contributed by atoms with Crippen LogP contribution in [0.3, 0.4) is 0 Å². The predicted octanol–water partition coefficient (Wildman–Crippen LogP) is 5.54. The first kappa shape index (κ1) is 23.2. The number of fused-ring (bicyclic) bond motifs is 3. The van der Waals surface area contributed by atoms with Crippen LogP contribution in [0.25, 0.3) is 10.2 Å². The average molecular weight is 500 g/mol. The lowest BCUT2D eigenvalue weighted by atomic mass is 10.0. The molecule has 4 heterocycles. The maximum atomic E-state index is 13.5. The van der Waals surface area contributed by atoms with E-state index >= 15 is 0 Å². The summed E-state index contributed by atoms with van der Waals surface area (Å²) in [5.74, 6) is 0.260. The molecule has 0 spiro atoms. The third kappa shape index (κ3) is 4.80. The average Bonchev–Trinajstić information content (AvgIpc) is 3.21. The third-order valence-corrected chi connectivity index (χ3v) is 8.09. The lowest BCUT2D eigenvalue weighted by molar-refractivity contribution is -0.126. The van der Waals surface area contributed by atoms with Gasteiger partial charge in [-0.3, -0.25) is 9.69 Å². The van der Waals surface area contributed by atoms with Crippen molar-refractivity contribution in [3.63, 3.8) is 0 Å². The first-order valence-electron chi connectivity index (χ1n) is 11.7. The normalized spacial score (nSPS) is 19.0. The smallest absolute Gasteiger partial charge is 0.246 e. The van der Waals surface area contributed by atoms with Crippen LogP contribution in [0, 0.1) is 5.82 Å². The summed E-state index contributed by atoms with van der Waals surface area (Å²) >= 11 is 7.53. The molecule has 3 aromatic rings. The number of aromatic nitrogens is 2. The zero-order valence-corrected chi connectivity index (χ0v) is 20.6. The van der Waals surface area contributed by atoms with E-state index < -0.39 is 5.82 Å². The maximum absolute atomic E-state index is 13.5. The van der Waals surface area contributed by atoms with E-state index in [1.807, 2.05) is 11.0 Å². The Labute approximate surface area is 207 Å². The molecule has 0 aliphatic carbocycles. The minimum atomic E-state index is -0.461. The number of carbonyl (C=O) groups is 1. The van der Waals surface area contributed by atoms with E-state index in [0.29, 0.717) is 30.6 Å². The van der Waals surface area contributed by atoms with Crippen molar-refractivity contribution in [2.24, 2.45) is 0 Å². The molecule has 1 amide bonds. The summed E-state index contributed by atoms with van der Waals surface area (Å²) in [4.78, 5) is 28.1. The van der Waals surface area contributed by atoms with Gasteiger partial charge in [0.05, 0.1) is 17.0 Å². The Morgan fingerprint density at radius 3 is 3.03 bits per heavy atom. The second kappa shape index (κ2) is 9.98. The fraction of sp³-hybridized carbons (Fsp3) is 0.400. The molecule has 9 heteroatoms. The summed E-state index contributed by atoms with van der Waals surface area (Å²) in [6, 6.07) is 5.08. The van der Waals surface area contributed by atoms with Crippen molar-refractivity contribution >= 4 is 50.6 Å². The number of carbonyl (C=O) groups excluding carboxylic acids is 1. The van der Waals surface area contributed by atoms with Crippen LogP contribution in [0.15, 0.2) is 36.7 Å². The molecule has 5 rings (SSSR count). The molecular weight excluding hydrogens is 473 g/mol. The second-order valence-corrected chi connectivity index (χ2v) is 10.4. The van der Waals surface area contributed by atoms with Crippen molar-refractivity contribution < 1.29 is 9.18 Å². The Bertz CT molecular complexity index is 1250. The second-order valence-electron chi connectivity index (χ2n) is 8.91. The van der Waals surface area contributed by atoms with Crippen molar-refractivity contribution in [1.82, 2.24) is 19.8 Å². The number of benzene rings is 1. The van der Waals surface area contributed by atoms with Gasteiger partial charge in [0.25, 0.3) is 0 Å². The van der Waals surface area contributed by atoms with Gasteiger partial charge in [-0.05, 0) is 56.5 Å². The molecule has 34 heavy (non-hydrogen) atoms. The largest absolute Gasteiger partial charge is 0.340 e. The molecule has 1 saturated heterocycles. The van der Waals surface area contributed by atoms with E-state index in [1.54, 1.807) is 29.5 Å². The zero-order chi connectivity index (χ0) is 23.7. The van der Waals surface area contributed by atoms with Crippen molar-refractivity contribution in [3.8, 4) is 0 Å². The van der Waals surface area contributed by atoms with Gasteiger partial charge in [-0.25, -0.2) is 14.4 Å². The van der Waals surface area contributed by atoms with Gasteiger partial charge in [-0.15, -0.1) is 11.3 Å². The molecule has 1 N–H and O–H groups in total. The van der Waals surface area contributed by atoms with Crippen LogP contribution in [0.4, 0.5) is 15.9 Å². The van der Waals surface area contributed by atoms with Crippen LogP contribution in [0.5, 0.6) is 0 Å². The standard InChI is InChI=1S/C25H27ClFN5OS/c1-16-5-2-3-10-31(16)11-4-6-22(33)32-12-9-18-21(14-32)34-25-23(18)24(28-15-29-25)30-17-7-8-20(27)19(26)13-17/h4,6-8,13,15-16H,2-3,5,9-12,14H2,1H3,(H,28,29,30). The minimum absolute atomic E-state index is 0.0538. The van der Waals surface area contributed by atoms with Gasteiger partial charge in [0, 0.05) is 35.8 Å². The molecule has 1 fully saturated rings. The summed E-state index contributed by atoms with van der Waals surface area (Å²) in [7, 11) is 0. The molecule has 1 aromatic carbocycles. The van der Waals surface area contributed by atoms with Gasteiger partial charge in [0.15, 0.2) is 0 Å². The van der Waals surface area contributed by atoms with Crippen molar-refractivity contribution in [2.45, 2.75) is 45.2 Å². The zero-order valence-electron chi connectivity index (χ0n) is 19.1. The molecule has 1 atom stereocenters. The number of hydrogen-bond acceptors (Lipinski definition) is 6. The van der Waals surface area contributed by atoms with E-state index in [2.05, 4.69) is 27.1 Å². The molecule has 2 aliphatic rings. The van der Waals surface area contributed by atoms with Crippen molar-refractivity contribution in [2.75, 3.05) is 25.0 Å². The summed E-state index contributed by atoms with van der Waals surface area (Å²) in [5, 5.41) is 4.27. The summed E-state index contributed by atoms with van der Waals surface area (Å²) in [6.45, 7) is 5.42. The predicted molar refractivity (Wildman–Crippen MR) is 135 cm³/mol. The van der Waals surface area contributed by atoms with Gasteiger partial charge in [-0.1, -0.05) is 24.1 Å². The highest BCUT2D eigenvalue weighted by molar-refractivity contribution is 7.19. The summed E-state index contributed by atoms with van der Waals surface area (Å²) in [5.41, 5.74) is 1.83. The SMILES string of the molecule is CC1CCCCN1CC=CC(=O)N1CCc2c(sc3ncnc(Nc4ccc(F)c(Cl)c4)c23)C1. The van der Waals surface area contributed by atoms with Crippen LogP contribution in [0.2, 0.25) is 5.02 Å². The van der Waals surface area contributed by atoms with E-state index in [1.165, 1.54) is 37.2 Å². The van der Waals surface area contributed by atoms with Crippen molar-refractivity contribution in [1.29, 1.82) is 0 Å². The highest BCUT2D eigenvalue weighted by Crippen LogP contribution is 2.38. The Balaban J connectivity index is 1.30. The number of halogens is 2. The number of nitrogens with zero attached hydrogens (tertiary/aromatic N) is 4. The molecule has 0 radical (unpaired) electrons. The van der Waals surface area contributed by atoms with E-state index in [4.69, 9.17) is 11.6 Å². The lowest BCUT2D eigenvalue weighted by Gasteiger charge is -2.32. The topological polar surface area (TPSA) is 61.4 Å². The first-order chi connectivity index (χ1) is 16.5. The van der Waals surface area contributed by atoms with E-state index in [-0.39, 0.29) is 10.9 Å². The molecule has 0 bridgehead atoms. The van der Waals surface area contributed by atoms with Crippen LogP contribution >= 0.6 is 22.9 Å². The molecule has 1 unspecified atom stereocenters. The van der Waals surface area contributed by atoms with Gasteiger partial charge >= 0.3 is 0 Å². The van der Waals surface area contributed by atoms with Gasteiger partial charge in [0.1, 0.15) is 22.8 Å². The number of thiophene rings is 1. The molecule has 6 nitrogen and oxygen atoms in total. The van der Waals surface area contributed by atoms with Gasteiger partial charge in [0.2, 0.25) is 5.91 Å². The molecule has 2 aliphatic heterocycles. The maximum Gasteiger partial charge on any atom is 0.246 e. The van der Waals surface area contributed by atoms with Gasteiger partial charge in [-0.2, -0.15) is 0 Å². The molecule has 2 aromatic heterocycles. The number of amides is 1. The lowest BCUT2D eigenvalue weighted by Crippen LogP contribution is -2.37. The molecule has 178 valence electrons. The number of nitrogens with one attached hydrogen (secondary N) is 1. The minimum Gasteiger partial charge on any atom is -0.340 e. The highest BCUT2D eigenvalue weighted by atomic mass is 35.5. The quantitative estimate of drug-likeness (QED) is 0.467. The Kier molecular flexibility index (Phi) is 6.81. The number of rotatable bonds is 5. The number of hydrogen-bond donors (Lipinski definition) is 1. The Hall–Kier alpha value is -2.55. The molecular formula is C25H27ClFN5OS. The first-order valence-corrected chi connectivity index (χ1v) is 12.9.